The molecule has 0 saturated carbocycles. The highest BCUT2D eigenvalue weighted by atomic mass is 19.1. The van der Waals surface area contributed by atoms with Crippen LogP contribution in [-0.4, -0.2) is 38.2 Å². The second-order valence-electron chi connectivity index (χ2n) is 10.4. The van der Waals surface area contributed by atoms with Gasteiger partial charge in [-0.15, -0.1) is 0 Å². The number of nitrogens with zero attached hydrogens (tertiary/aromatic N) is 4. The number of anilines is 1. The lowest BCUT2D eigenvalue weighted by atomic mass is 9.98. The van der Waals surface area contributed by atoms with Crippen molar-refractivity contribution in [2.75, 3.05) is 18.4 Å². The summed E-state index contributed by atoms with van der Waals surface area (Å²) in [6.07, 6.45) is 8.13. The van der Waals surface area contributed by atoms with Crippen molar-refractivity contribution in [1.29, 1.82) is 0 Å². The first-order valence-corrected chi connectivity index (χ1v) is 13.3. The van der Waals surface area contributed by atoms with Crippen molar-refractivity contribution in [2.45, 2.75) is 26.3 Å². The average molecular weight is 519 g/mol. The highest BCUT2D eigenvalue weighted by Gasteiger charge is 2.16. The molecule has 6 rings (SSSR count). The van der Waals surface area contributed by atoms with Gasteiger partial charge in [0.25, 0.3) is 0 Å². The van der Waals surface area contributed by atoms with Gasteiger partial charge in [0.1, 0.15) is 11.5 Å². The normalized spacial score (nSPS) is 14.5. The van der Waals surface area contributed by atoms with Crippen molar-refractivity contribution in [1.82, 2.24) is 25.1 Å². The number of hydrogen-bond donors (Lipinski definition) is 2. The number of H-pyrrole nitrogens is 1. The van der Waals surface area contributed by atoms with Crippen LogP contribution in [0.3, 0.4) is 0 Å². The van der Waals surface area contributed by atoms with Gasteiger partial charge in [-0.1, -0.05) is 31.7 Å². The van der Waals surface area contributed by atoms with E-state index in [1.54, 1.807) is 12.3 Å². The molecule has 5 aromatic rings. The van der Waals surface area contributed by atoms with E-state index in [0.717, 1.165) is 64.5 Å². The molecule has 0 radical (unpaired) electrons. The maximum atomic E-state index is 13.6. The van der Waals surface area contributed by atoms with E-state index in [1.165, 1.54) is 30.5 Å². The van der Waals surface area contributed by atoms with Gasteiger partial charge in [-0.25, -0.2) is 4.39 Å². The Morgan fingerprint density at radius 2 is 1.87 bits per heavy atom. The summed E-state index contributed by atoms with van der Waals surface area (Å²) in [6.45, 7) is 9.80. The molecule has 0 amide bonds. The van der Waals surface area contributed by atoms with Crippen LogP contribution in [0.4, 0.5) is 10.1 Å². The topological polar surface area (TPSA) is 69.7 Å². The maximum absolute atomic E-state index is 13.6. The SMILES string of the molecule is C=C(Nc1ccc(-c2cccc(F)c2)nc1)c1n[nH]c2ccc(-c3cncc(CN4CCC(C)CC4)c3)cc12. The first-order chi connectivity index (χ1) is 19.0. The summed E-state index contributed by atoms with van der Waals surface area (Å²) in [5.74, 6) is 0.538. The number of fused-ring (bicyclic) bond motifs is 1. The number of halogens is 1. The van der Waals surface area contributed by atoms with E-state index >= 15 is 0 Å². The molecule has 39 heavy (non-hydrogen) atoms. The van der Waals surface area contributed by atoms with Crippen LogP contribution in [0.5, 0.6) is 0 Å². The molecule has 1 fully saturated rings. The van der Waals surface area contributed by atoms with Crippen molar-refractivity contribution >= 4 is 22.3 Å². The maximum Gasteiger partial charge on any atom is 0.123 e. The smallest absolute Gasteiger partial charge is 0.123 e. The Balaban J connectivity index is 1.20. The van der Waals surface area contributed by atoms with Gasteiger partial charge in [0, 0.05) is 35.5 Å². The Labute approximate surface area is 227 Å². The van der Waals surface area contributed by atoms with Crippen LogP contribution >= 0.6 is 0 Å². The predicted molar refractivity (Wildman–Crippen MR) is 155 cm³/mol. The lowest BCUT2D eigenvalue weighted by molar-refractivity contribution is 0.185. The molecule has 7 heteroatoms. The zero-order valence-electron chi connectivity index (χ0n) is 22.0. The molecule has 4 heterocycles. The highest BCUT2D eigenvalue weighted by molar-refractivity contribution is 5.95. The Morgan fingerprint density at radius 1 is 1.00 bits per heavy atom. The molecule has 6 nitrogen and oxygen atoms in total. The summed E-state index contributed by atoms with van der Waals surface area (Å²) in [4.78, 5) is 11.6. The van der Waals surface area contributed by atoms with E-state index < -0.39 is 0 Å². The minimum absolute atomic E-state index is 0.283. The Kier molecular flexibility index (Phi) is 6.90. The van der Waals surface area contributed by atoms with Crippen LogP contribution in [-0.2, 0) is 6.54 Å². The molecule has 0 unspecified atom stereocenters. The fourth-order valence-electron chi connectivity index (χ4n) is 5.15. The Bertz CT molecular complexity index is 1620. The number of benzene rings is 2. The van der Waals surface area contributed by atoms with Crippen molar-refractivity contribution in [3.8, 4) is 22.4 Å². The Hall–Kier alpha value is -4.36. The summed E-state index contributed by atoms with van der Waals surface area (Å²) in [5.41, 5.74) is 7.94. The van der Waals surface area contributed by atoms with Gasteiger partial charge in [-0.3, -0.25) is 20.0 Å². The van der Waals surface area contributed by atoms with Crippen LogP contribution in [0.1, 0.15) is 31.0 Å². The summed E-state index contributed by atoms with van der Waals surface area (Å²) in [6, 6.07) is 18.7. The van der Waals surface area contributed by atoms with Gasteiger partial charge in [-0.2, -0.15) is 5.10 Å². The zero-order valence-corrected chi connectivity index (χ0v) is 22.0. The van der Waals surface area contributed by atoms with Crippen LogP contribution in [0.25, 0.3) is 39.0 Å². The van der Waals surface area contributed by atoms with E-state index in [0.29, 0.717) is 11.4 Å². The molecule has 0 aliphatic carbocycles. The molecule has 1 aliphatic rings. The van der Waals surface area contributed by atoms with Gasteiger partial charge in [0.15, 0.2) is 0 Å². The van der Waals surface area contributed by atoms with E-state index in [-0.39, 0.29) is 5.82 Å². The van der Waals surface area contributed by atoms with E-state index in [9.17, 15) is 4.39 Å². The van der Waals surface area contributed by atoms with E-state index in [2.05, 4.69) is 62.1 Å². The highest BCUT2D eigenvalue weighted by Crippen LogP contribution is 2.29. The summed E-state index contributed by atoms with van der Waals surface area (Å²) in [7, 11) is 0. The predicted octanol–water partition coefficient (Wildman–Crippen LogP) is 7.14. The monoisotopic (exact) mass is 518 g/mol. The zero-order chi connectivity index (χ0) is 26.8. The number of nitrogens with one attached hydrogen (secondary N) is 2. The molecule has 2 N–H and O–H groups in total. The average Bonchev–Trinajstić information content (AvgIpc) is 3.38. The van der Waals surface area contributed by atoms with Crippen molar-refractivity contribution in [3.63, 3.8) is 0 Å². The summed E-state index contributed by atoms with van der Waals surface area (Å²) in [5, 5.41) is 11.9. The quantitative estimate of drug-likeness (QED) is 0.240. The number of pyridine rings is 2. The second-order valence-corrected chi connectivity index (χ2v) is 10.4. The van der Waals surface area contributed by atoms with Crippen LogP contribution in [0, 0.1) is 11.7 Å². The minimum atomic E-state index is -0.283. The third-order valence-corrected chi connectivity index (χ3v) is 7.44. The van der Waals surface area contributed by atoms with E-state index in [1.807, 2.05) is 36.7 Å². The molecule has 2 aromatic carbocycles. The minimum Gasteiger partial charge on any atom is -0.353 e. The van der Waals surface area contributed by atoms with Gasteiger partial charge in [-0.05, 0) is 85.4 Å². The van der Waals surface area contributed by atoms with Crippen molar-refractivity contribution in [3.05, 3.63) is 103 Å². The standard InChI is InChI=1S/C32H31FN6/c1-21-10-12-39(13-11-21)20-23-14-26(18-34-17-23)24-6-8-31-29(16-24)32(38-37-31)22(2)36-28-7-9-30(35-19-28)25-4-3-5-27(33)15-25/h3-9,14-19,21,36H,2,10-13,20H2,1H3,(H,37,38). The van der Waals surface area contributed by atoms with Crippen LogP contribution in [0.15, 0.2) is 85.8 Å². The number of hydrogen-bond acceptors (Lipinski definition) is 5. The molecule has 0 spiro atoms. The molecular weight excluding hydrogens is 487 g/mol. The lowest BCUT2D eigenvalue weighted by Crippen LogP contribution is -2.32. The number of piperidine rings is 1. The first kappa shape index (κ1) is 24.9. The van der Waals surface area contributed by atoms with Gasteiger partial charge in [0.2, 0.25) is 0 Å². The second kappa shape index (κ2) is 10.8. The van der Waals surface area contributed by atoms with Crippen molar-refractivity contribution < 1.29 is 4.39 Å². The number of aromatic amines is 1. The number of likely N-dealkylation sites (tertiary alicyclic amines) is 1. The van der Waals surface area contributed by atoms with Crippen molar-refractivity contribution in [2.24, 2.45) is 5.92 Å². The molecule has 1 saturated heterocycles. The molecule has 3 aromatic heterocycles. The van der Waals surface area contributed by atoms with Gasteiger partial charge >= 0.3 is 0 Å². The molecular formula is C32H31FN6. The lowest BCUT2D eigenvalue weighted by Gasteiger charge is -2.30. The summed E-state index contributed by atoms with van der Waals surface area (Å²) < 4.78 is 13.6. The Morgan fingerprint density at radius 3 is 2.67 bits per heavy atom. The van der Waals surface area contributed by atoms with Crippen LogP contribution in [0.2, 0.25) is 0 Å². The number of aromatic nitrogens is 4. The molecule has 0 atom stereocenters. The van der Waals surface area contributed by atoms with Crippen LogP contribution < -0.4 is 5.32 Å². The summed E-state index contributed by atoms with van der Waals surface area (Å²) >= 11 is 0. The van der Waals surface area contributed by atoms with Gasteiger partial charge in [0.05, 0.1) is 28.8 Å². The fourth-order valence-corrected chi connectivity index (χ4v) is 5.15. The molecule has 196 valence electrons. The first-order valence-electron chi connectivity index (χ1n) is 13.3. The number of rotatable bonds is 7. The fraction of sp³-hybridized carbons (Fsp3) is 0.219. The van der Waals surface area contributed by atoms with Gasteiger partial charge < -0.3 is 5.32 Å². The third kappa shape index (κ3) is 5.59. The van der Waals surface area contributed by atoms with E-state index in [4.69, 9.17) is 0 Å². The third-order valence-electron chi connectivity index (χ3n) is 7.44. The molecule has 0 bridgehead atoms. The largest absolute Gasteiger partial charge is 0.353 e. The molecule has 1 aliphatic heterocycles.